The van der Waals surface area contributed by atoms with Gasteiger partial charge in [0.2, 0.25) is 0 Å². The summed E-state index contributed by atoms with van der Waals surface area (Å²) in [4.78, 5) is 15.0. The monoisotopic (exact) mass is 426 g/mol. The fourth-order valence-electron chi connectivity index (χ4n) is 4.49. The Balaban J connectivity index is 2.01. The summed E-state index contributed by atoms with van der Waals surface area (Å²) in [5.41, 5.74) is 9.72. The first-order valence-electron chi connectivity index (χ1n) is 10.2. The van der Waals surface area contributed by atoms with Crippen LogP contribution >= 0.6 is 0 Å². The molecule has 0 spiro atoms. The SMILES string of the molecule is COc1ccc(C2C(C#N)=C(N)N(c3ccccc3C#N)C3=C2C(=O)CCC3)c(OC)c1. The first kappa shape index (κ1) is 21.0. The van der Waals surface area contributed by atoms with Crippen LogP contribution in [0.15, 0.2) is 65.1 Å². The van der Waals surface area contributed by atoms with Crippen molar-refractivity contribution in [2.45, 2.75) is 25.2 Å². The van der Waals surface area contributed by atoms with Crippen LogP contribution in [0.3, 0.4) is 0 Å². The molecule has 1 aliphatic carbocycles. The molecule has 2 aromatic carbocycles. The Morgan fingerprint density at radius 3 is 2.53 bits per heavy atom. The smallest absolute Gasteiger partial charge is 0.161 e. The predicted molar refractivity (Wildman–Crippen MR) is 119 cm³/mol. The number of rotatable bonds is 4. The second kappa shape index (κ2) is 8.49. The molecule has 0 saturated carbocycles. The molecular formula is C25H22N4O3. The number of ether oxygens (including phenoxy) is 2. The van der Waals surface area contributed by atoms with Gasteiger partial charge in [-0.15, -0.1) is 0 Å². The molecule has 1 aliphatic heterocycles. The van der Waals surface area contributed by atoms with E-state index >= 15 is 0 Å². The van der Waals surface area contributed by atoms with Gasteiger partial charge in [-0.3, -0.25) is 9.69 Å². The average molecular weight is 426 g/mol. The zero-order valence-electron chi connectivity index (χ0n) is 17.9. The van der Waals surface area contributed by atoms with Gasteiger partial charge in [-0.1, -0.05) is 18.2 Å². The third-order valence-corrected chi connectivity index (χ3v) is 5.93. The van der Waals surface area contributed by atoms with Gasteiger partial charge in [-0.2, -0.15) is 10.5 Å². The van der Waals surface area contributed by atoms with Crippen LogP contribution in [0.5, 0.6) is 11.5 Å². The largest absolute Gasteiger partial charge is 0.497 e. The van der Waals surface area contributed by atoms with Crippen LogP contribution in [0.2, 0.25) is 0 Å². The van der Waals surface area contributed by atoms with Crippen molar-refractivity contribution in [3.63, 3.8) is 0 Å². The van der Waals surface area contributed by atoms with Crippen LogP contribution < -0.4 is 20.1 Å². The van der Waals surface area contributed by atoms with Crippen LogP contribution in [0, 0.1) is 22.7 Å². The van der Waals surface area contributed by atoms with Crippen LogP contribution in [0.1, 0.15) is 36.3 Å². The quantitative estimate of drug-likeness (QED) is 0.789. The van der Waals surface area contributed by atoms with Crippen LogP contribution in [-0.2, 0) is 4.79 Å². The molecule has 1 unspecified atom stereocenters. The minimum atomic E-state index is -0.658. The van der Waals surface area contributed by atoms with Crippen LogP contribution in [0.25, 0.3) is 0 Å². The third-order valence-electron chi connectivity index (χ3n) is 5.93. The molecule has 0 fully saturated rings. The molecule has 4 rings (SSSR count). The average Bonchev–Trinajstić information content (AvgIpc) is 2.83. The highest BCUT2D eigenvalue weighted by Crippen LogP contribution is 2.49. The molecule has 2 N–H and O–H groups in total. The number of carbonyl (C=O) groups is 1. The second-order valence-electron chi connectivity index (χ2n) is 7.55. The minimum absolute atomic E-state index is 0.0335. The number of anilines is 1. The molecule has 7 heteroatoms. The number of hydrogen-bond donors (Lipinski definition) is 1. The zero-order valence-corrected chi connectivity index (χ0v) is 17.9. The van der Waals surface area contributed by atoms with Crippen molar-refractivity contribution < 1.29 is 14.3 Å². The highest BCUT2D eigenvalue weighted by atomic mass is 16.5. The summed E-state index contributed by atoms with van der Waals surface area (Å²) in [7, 11) is 3.09. The van der Waals surface area contributed by atoms with E-state index in [-0.39, 0.29) is 17.2 Å². The summed E-state index contributed by atoms with van der Waals surface area (Å²) >= 11 is 0. The normalized spacial score (nSPS) is 18.1. The van der Waals surface area contributed by atoms with Crippen molar-refractivity contribution in [3.8, 4) is 23.6 Å². The number of allylic oxidation sites excluding steroid dienone is 3. The Morgan fingerprint density at radius 2 is 1.84 bits per heavy atom. The molecular weight excluding hydrogens is 404 g/mol. The lowest BCUT2D eigenvalue weighted by Crippen LogP contribution is -2.39. The lowest BCUT2D eigenvalue weighted by Gasteiger charge is -2.40. The minimum Gasteiger partial charge on any atom is -0.497 e. The highest BCUT2D eigenvalue weighted by molar-refractivity contribution is 6.01. The summed E-state index contributed by atoms with van der Waals surface area (Å²) in [6.07, 6.45) is 1.67. The molecule has 0 aromatic heterocycles. The first-order chi connectivity index (χ1) is 15.5. The molecule has 2 aliphatic rings. The number of carbonyl (C=O) groups excluding carboxylic acids is 1. The number of Topliss-reactive ketones (excluding diaryl/α,β-unsaturated/α-hetero) is 1. The maximum absolute atomic E-state index is 13.2. The maximum Gasteiger partial charge on any atom is 0.161 e. The Bertz CT molecular complexity index is 1250. The van der Waals surface area contributed by atoms with Gasteiger partial charge in [0, 0.05) is 29.3 Å². The van der Waals surface area contributed by atoms with Gasteiger partial charge in [0.25, 0.3) is 0 Å². The van der Waals surface area contributed by atoms with E-state index in [0.29, 0.717) is 53.1 Å². The number of nitrogens with zero attached hydrogens (tertiary/aromatic N) is 3. The number of benzene rings is 2. The van der Waals surface area contributed by atoms with E-state index in [1.54, 1.807) is 54.5 Å². The molecule has 1 heterocycles. The van der Waals surface area contributed by atoms with E-state index in [0.717, 1.165) is 5.70 Å². The van der Waals surface area contributed by atoms with Crippen LogP contribution in [0.4, 0.5) is 5.69 Å². The molecule has 32 heavy (non-hydrogen) atoms. The molecule has 1 atom stereocenters. The van der Waals surface area contributed by atoms with E-state index in [4.69, 9.17) is 15.2 Å². The van der Waals surface area contributed by atoms with E-state index in [9.17, 15) is 15.3 Å². The van der Waals surface area contributed by atoms with Crippen molar-refractivity contribution in [2.24, 2.45) is 5.73 Å². The number of para-hydroxylation sites is 1. The van der Waals surface area contributed by atoms with Crippen LogP contribution in [-0.4, -0.2) is 20.0 Å². The zero-order chi connectivity index (χ0) is 22.8. The van der Waals surface area contributed by atoms with E-state index in [1.807, 2.05) is 0 Å². The maximum atomic E-state index is 13.2. The van der Waals surface area contributed by atoms with Gasteiger partial charge >= 0.3 is 0 Å². The van der Waals surface area contributed by atoms with Crippen molar-refractivity contribution in [3.05, 3.63) is 76.3 Å². The third kappa shape index (κ3) is 3.25. The molecule has 160 valence electrons. The predicted octanol–water partition coefficient (Wildman–Crippen LogP) is 3.88. The number of ketones is 1. The van der Waals surface area contributed by atoms with Crippen molar-refractivity contribution in [1.82, 2.24) is 0 Å². The Labute approximate surface area is 186 Å². The van der Waals surface area contributed by atoms with E-state index in [1.165, 1.54) is 7.11 Å². The molecule has 0 bridgehead atoms. The standard InChI is InChI=1S/C25H22N4O3/c1-31-16-10-11-17(22(12-16)32-2)23-18(14-27)25(28)29(19-7-4-3-6-15(19)13-26)20-8-5-9-21(30)24(20)23/h3-4,6-7,10-12,23H,5,8-9,28H2,1-2H3. The van der Waals surface area contributed by atoms with Gasteiger partial charge < -0.3 is 15.2 Å². The summed E-state index contributed by atoms with van der Waals surface area (Å²) in [5, 5.41) is 19.8. The lowest BCUT2D eigenvalue weighted by atomic mass is 9.75. The molecule has 0 saturated heterocycles. The first-order valence-corrected chi connectivity index (χ1v) is 10.2. The topological polar surface area (TPSA) is 112 Å². The Hall–Kier alpha value is -4.23. The second-order valence-corrected chi connectivity index (χ2v) is 7.55. The van der Waals surface area contributed by atoms with Crippen molar-refractivity contribution >= 4 is 11.5 Å². The van der Waals surface area contributed by atoms with Gasteiger partial charge in [0.1, 0.15) is 23.4 Å². The van der Waals surface area contributed by atoms with Crippen molar-refractivity contribution in [2.75, 3.05) is 19.1 Å². The summed E-state index contributed by atoms with van der Waals surface area (Å²) in [5.74, 6) is 0.631. The van der Waals surface area contributed by atoms with Gasteiger partial charge in [-0.05, 0) is 31.0 Å². The summed E-state index contributed by atoms with van der Waals surface area (Å²) in [6, 6.07) is 16.8. The summed E-state index contributed by atoms with van der Waals surface area (Å²) in [6.45, 7) is 0. The summed E-state index contributed by atoms with van der Waals surface area (Å²) < 4.78 is 10.9. The molecule has 0 amide bonds. The Kier molecular flexibility index (Phi) is 5.57. The lowest BCUT2D eigenvalue weighted by molar-refractivity contribution is -0.116. The van der Waals surface area contributed by atoms with Gasteiger partial charge in [0.05, 0.1) is 43.0 Å². The highest BCUT2D eigenvalue weighted by Gasteiger charge is 2.41. The van der Waals surface area contributed by atoms with Gasteiger partial charge in [0.15, 0.2) is 5.78 Å². The number of methoxy groups -OCH3 is 2. The molecule has 2 aromatic rings. The Morgan fingerprint density at radius 1 is 1.06 bits per heavy atom. The molecule has 7 nitrogen and oxygen atoms in total. The number of hydrogen-bond acceptors (Lipinski definition) is 7. The van der Waals surface area contributed by atoms with Crippen molar-refractivity contribution in [1.29, 1.82) is 10.5 Å². The van der Waals surface area contributed by atoms with E-state index in [2.05, 4.69) is 12.1 Å². The van der Waals surface area contributed by atoms with E-state index < -0.39 is 5.92 Å². The van der Waals surface area contributed by atoms with Gasteiger partial charge in [-0.25, -0.2) is 0 Å². The number of nitriles is 2. The number of nitrogens with two attached hydrogens (primary N) is 1. The fraction of sp³-hybridized carbons (Fsp3) is 0.240. The molecule has 0 radical (unpaired) electrons. The fourth-order valence-corrected chi connectivity index (χ4v) is 4.49.